The highest BCUT2D eigenvalue weighted by atomic mass is 16.5. The van der Waals surface area contributed by atoms with Crippen LogP contribution in [0.3, 0.4) is 0 Å². The molecule has 6 nitrogen and oxygen atoms in total. The molecule has 4 atom stereocenters. The maximum Gasteiger partial charge on any atom is 0.324 e. The highest BCUT2D eigenvalue weighted by Gasteiger charge is 2.64. The first-order valence-corrected chi connectivity index (χ1v) is 7.81. The van der Waals surface area contributed by atoms with E-state index >= 15 is 0 Å². The topological polar surface area (TPSA) is 92.9 Å². The molecule has 2 heterocycles. The van der Waals surface area contributed by atoms with Crippen molar-refractivity contribution in [1.29, 1.82) is 0 Å². The first-order valence-electron chi connectivity index (χ1n) is 7.81. The van der Waals surface area contributed by atoms with E-state index in [1.807, 2.05) is 11.9 Å². The molecule has 0 aliphatic carbocycles. The predicted octanol–water partition coefficient (Wildman–Crippen LogP) is 0.838. The van der Waals surface area contributed by atoms with Gasteiger partial charge < -0.3 is 15.6 Å². The molecule has 3 rings (SSSR count). The van der Waals surface area contributed by atoms with Gasteiger partial charge in [-0.1, -0.05) is 0 Å². The van der Waals surface area contributed by atoms with E-state index in [9.17, 15) is 14.7 Å². The van der Waals surface area contributed by atoms with Crippen molar-refractivity contribution in [3.05, 3.63) is 29.8 Å². The lowest BCUT2D eigenvalue weighted by atomic mass is 9.67. The Hall–Kier alpha value is -1.92. The summed E-state index contributed by atoms with van der Waals surface area (Å²) in [4.78, 5) is 27.9. The summed E-state index contributed by atoms with van der Waals surface area (Å²) in [6, 6.07) is 6.27. The average molecular weight is 318 g/mol. The third-order valence-corrected chi connectivity index (χ3v) is 5.46. The van der Waals surface area contributed by atoms with Crippen molar-refractivity contribution in [2.75, 3.05) is 19.9 Å². The molecule has 2 aliphatic rings. The van der Waals surface area contributed by atoms with Crippen LogP contribution in [0, 0.1) is 5.41 Å². The van der Waals surface area contributed by atoms with Gasteiger partial charge in [-0.3, -0.25) is 14.5 Å². The number of carbonyl (C=O) groups is 2. The minimum absolute atomic E-state index is 0.201. The molecule has 1 aromatic rings. The lowest BCUT2D eigenvalue weighted by molar-refractivity contribution is -0.165. The van der Waals surface area contributed by atoms with Gasteiger partial charge in [0.1, 0.15) is 0 Å². The number of anilines is 1. The Bertz CT molecular complexity index is 630. The third kappa shape index (κ3) is 2.16. The Kier molecular flexibility index (Phi) is 3.90. The molecule has 2 aliphatic heterocycles. The number of ketones is 1. The van der Waals surface area contributed by atoms with Crippen LogP contribution in [0.5, 0.6) is 0 Å². The number of carbonyl (C=O) groups excluding carboxylic acids is 2. The van der Waals surface area contributed by atoms with Gasteiger partial charge in [-0.25, -0.2) is 0 Å². The number of ether oxygens (including phenoxy) is 1. The summed E-state index contributed by atoms with van der Waals surface area (Å²) in [5, 5.41) is 10.7. The van der Waals surface area contributed by atoms with Crippen molar-refractivity contribution in [2.24, 2.45) is 5.41 Å². The number of aliphatic hydroxyl groups is 1. The van der Waals surface area contributed by atoms with Crippen LogP contribution < -0.4 is 5.73 Å². The SMILES string of the molecule is COC(=O)[C@@]1(C(=O)c2ccc(N)cc2)[C@@H](O)C[C@@H]2CC[C@H]1N2C. The number of rotatable bonds is 3. The van der Waals surface area contributed by atoms with E-state index in [1.165, 1.54) is 7.11 Å². The molecule has 6 heteroatoms. The number of aliphatic hydroxyl groups excluding tert-OH is 1. The van der Waals surface area contributed by atoms with Crippen molar-refractivity contribution >= 4 is 17.4 Å². The number of piperidine rings is 1. The minimum Gasteiger partial charge on any atom is -0.468 e. The summed E-state index contributed by atoms with van der Waals surface area (Å²) >= 11 is 0. The summed E-state index contributed by atoms with van der Waals surface area (Å²) < 4.78 is 4.96. The van der Waals surface area contributed by atoms with Gasteiger partial charge in [0.15, 0.2) is 11.2 Å². The van der Waals surface area contributed by atoms with Crippen LogP contribution in [0.4, 0.5) is 5.69 Å². The fraction of sp³-hybridized carbons (Fsp3) is 0.529. The number of methoxy groups -OCH3 is 1. The standard InChI is InChI=1S/C17H22N2O4/c1-19-12-7-8-13(19)17(14(20)9-12,16(22)23-2)15(21)10-3-5-11(18)6-4-10/h3-6,12-14,20H,7-9,18H2,1-2H3/t12-,13+,14-,17+/m0/s1. The normalized spacial score (nSPS) is 33.4. The monoisotopic (exact) mass is 318 g/mol. The van der Waals surface area contributed by atoms with E-state index < -0.39 is 23.3 Å². The largest absolute Gasteiger partial charge is 0.468 e. The number of fused-ring (bicyclic) bond motifs is 2. The summed E-state index contributed by atoms with van der Waals surface area (Å²) in [5.74, 6) is -1.06. The Morgan fingerprint density at radius 3 is 2.57 bits per heavy atom. The third-order valence-electron chi connectivity index (χ3n) is 5.46. The Labute approximate surface area is 135 Å². The van der Waals surface area contributed by atoms with E-state index in [0.717, 1.165) is 6.42 Å². The Balaban J connectivity index is 2.11. The summed E-state index contributed by atoms with van der Waals surface area (Å²) in [6.07, 6.45) is 0.900. The van der Waals surface area contributed by atoms with E-state index in [0.29, 0.717) is 24.1 Å². The Morgan fingerprint density at radius 1 is 1.30 bits per heavy atom. The average Bonchev–Trinajstić information content (AvgIpc) is 2.81. The maximum atomic E-state index is 13.2. The molecule has 2 saturated heterocycles. The fourth-order valence-electron chi connectivity index (χ4n) is 4.22. The molecule has 23 heavy (non-hydrogen) atoms. The Morgan fingerprint density at radius 2 is 1.96 bits per heavy atom. The highest BCUT2D eigenvalue weighted by Crippen LogP contribution is 2.48. The van der Waals surface area contributed by atoms with Gasteiger partial charge in [-0.2, -0.15) is 0 Å². The van der Waals surface area contributed by atoms with Crippen molar-refractivity contribution in [2.45, 2.75) is 37.5 Å². The fourth-order valence-corrected chi connectivity index (χ4v) is 4.22. The number of nitrogens with two attached hydrogens (primary N) is 1. The number of hydrogen-bond acceptors (Lipinski definition) is 6. The van der Waals surface area contributed by atoms with Gasteiger partial charge >= 0.3 is 5.97 Å². The van der Waals surface area contributed by atoms with Crippen LogP contribution in [0.1, 0.15) is 29.6 Å². The number of hydrogen-bond donors (Lipinski definition) is 2. The second kappa shape index (κ2) is 5.62. The zero-order chi connectivity index (χ0) is 16.8. The molecule has 0 aromatic heterocycles. The van der Waals surface area contributed by atoms with Gasteiger partial charge in [0, 0.05) is 23.3 Å². The molecule has 2 fully saturated rings. The lowest BCUT2D eigenvalue weighted by Crippen LogP contribution is -2.64. The second-order valence-corrected chi connectivity index (χ2v) is 6.48. The maximum absolute atomic E-state index is 13.2. The van der Waals surface area contributed by atoms with Gasteiger partial charge in [0.05, 0.1) is 13.2 Å². The van der Waals surface area contributed by atoms with Crippen molar-refractivity contribution in [3.63, 3.8) is 0 Å². The molecule has 1 aromatic carbocycles. The first-order chi connectivity index (χ1) is 10.9. The van der Waals surface area contributed by atoms with Gasteiger partial charge in [-0.05, 0) is 50.6 Å². The van der Waals surface area contributed by atoms with Crippen molar-refractivity contribution in [1.82, 2.24) is 4.90 Å². The number of nitrogens with zero attached hydrogens (tertiary/aromatic N) is 1. The number of benzene rings is 1. The van der Waals surface area contributed by atoms with Crippen LogP contribution in [0.15, 0.2) is 24.3 Å². The van der Waals surface area contributed by atoms with E-state index in [4.69, 9.17) is 10.5 Å². The molecular formula is C17H22N2O4. The van der Waals surface area contributed by atoms with Gasteiger partial charge in [0.2, 0.25) is 0 Å². The van der Waals surface area contributed by atoms with Gasteiger partial charge in [0.25, 0.3) is 0 Å². The molecule has 0 spiro atoms. The molecule has 124 valence electrons. The summed E-state index contributed by atoms with van der Waals surface area (Å²) in [5.41, 5.74) is 5.00. The van der Waals surface area contributed by atoms with E-state index in [1.54, 1.807) is 24.3 Å². The molecule has 3 N–H and O–H groups in total. The molecular weight excluding hydrogens is 296 g/mol. The summed E-state index contributed by atoms with van der Waals surface area (Å²) in [7, 11) is 3.16. The quantitative estimate of drug-likeness (QED) is 0.371. The predicted molar refractivity (Wildman–Crippen MR) is 84.8 cm³/mol. The first kappa shape index (κ1) is 16.0. The lowest BCUT2D eigenvalue weighted by Gasteiger charge is -2.47. The zero-order valence-electron chi connectivity index (χ0n) is 13.4. The van der Waals surface area contributed by atoms with Crippen molar-refractivity contribution < 1.29 is 19.4 Å². The van der Waals surface area contributed by atoms with Crippen LogP contribution in [0.2, 0.25) is 0 Å². The van der Waals surface area contributed by atoms with E-state index in [-0.39, 0.29) is 12.1 Å². The van der Waals surface area contributed by atoms with Crippen molar-refractivity contribution in [3.8, 4) is 0 Å². The number of nitrogen functional groups attached to an aromatic ring is 1. The smallest absolute Gasteiger partial charge is 0.324 e. The van der Waals surface area contributed by atoms with Crippen LogP contribution in [0.25, 0.3) is 0 Å². The van der Waals surface area contributed by atoms with Gasteiger partial charge in [-0.15, -0.1) is 0 Å². The zero-order valence-corrected chi connectivity index (χ0v) is 13.4. The highest BCUT2D eigenvalue weighted by molar-refractivity contribution is 6.14. The van der Waals surface area contributed by atoms with Crippen LogP contribution >= 0.6 is 0 Å². The molecule has 0 saturated carbocycles. The minimum atomic E-state index is -1.58. The summed E-state index contributed by atoms with van der Waals surface area (Å²) in [6.45, 7) is 0. The molecule has 0 radical (unpaired) electrons. The number of Topliss-reactive ketones (excluding diaryl/α,β-unsaturated/α-hetero) is 1. The second-order valence-electron chi connectivity index (χ2n) is 6.48. The van der Waals surface area contributed by atoms with Crippen LogP contribution in [-0.4, -0.2) is 54.1 Å². The van der Waals surface area contributed by atoms with Crippen LogP contribution in [-0.2, 0) is 9.53 Å². The molecule has 2 bridgehead atoms. The van der Waals surface area contributed by atoms with E-state index in [2.05, 4.69) is 0 Å². The number of esters is 1. The molecule has 0 amide bonds. The molecule has 0 unspecified atom stereocenters.